The molecule has 0 saturated heterocycles. The number of pyridine rings is 1. The van der Waals surface area contributed by atoms with Crippen LogP contribution in [-0.2, 0) is 11.2 Å². The fourth-order valence-corrected chi connectivity index (χ4v) is 2.37. The number of hydrogen-bond donors (Lipinski definition) is 1. The highest BCUT2D eigenvalue weighted by Crippen LogP contribution is 2.25. The standard InChI is InChI=1S/C12H15FN4OS/c1-18-7-6-14-5-3-11-16-17-12(19-11)9-2-4-15-8-10(9)13/h2,4,8,14H,3,5-7H2,1H3. The summed E-state index contributed by atoms with van der Waals surface area (Å²) in [5, 5.41) is 12.8. The van der Waals surface area contributed by atoms with Crippen molar-refractivity contribution in [1.29, 1.82) is 0 Å². The second-order valence-corrected chi connectivity index (χ2v) is 4.91. The zero-order valence-electron chi connectivity index (χ0n) is 10.6. The molecule has 0 aliphatic carbocycles. The normalized spacial score (nSPS) is 10.8. The molecule has 5 nitrogen and oxygen atoms in total. The maximum Gasteiger partial charge on any atom is 0.151 e. The molecular weight excluding hydrogens is 267 g/mol. The Morgan fingerprint density at radius 3 is 3.05 bits per heavy atom. The largest absolute Gasteiger partial charge is 0.383 e. The van der Waals surface area contributed by atoms with E-state index in [0.29, 0.717) is 17.2 Å². The number of nitrogens with one attached hydrogen (secondary N) is 1. The minimum absolute atomic E-state index is 0.372. The van der Waals surface area contributed by atoms with Gasteiger partial charge in [-0.15, -0.1) is 10.2 Å². The van der Waals surface area contributed by atoms with Gasteiger partial charge in [-0.2, -0.15) is 0 Å². The van der Waals surface area contributed by atoms with Gasteiger partial charge in [-0.25, -0.2) is 4.39 Å². The van der Waals surface area contributed by atoms with E-state index in [2.05, 4.69) is 20.5 Å². The van der Waals surface area contributed by atoms with Crippen LogP contribution >= 0.6 is 11.3 Å². The second-order valence-electron chi connectivity index (χ2n) is 3.85. The molecule has 0 fully saturated rings. The highest BCUT2D eigenvalue weighted by Gasteiger charge is 2.10. The predicted molar refractivity (Wildman–Crippen MR) is 71.5 cm³/mol. The van der Waals surface area contributed by atoms with Crippen LogP contribution in [0.5, 0.6) is 0 Å². The third-order valence-electron chi connectivity index (χ3n) is 2.47. The Balaban J connectivity index is 1.91. The Morgan fingerprint density at radius 2 is 2.26 bits per heavy atom. The van der Waals surface area contributed by atoms with Crippen LogP contribution in [0.2, 0.25) is 0 Å². The lowest BCUT2D eigenvalue weighted by molar-refractivity contribution is 0.199. The molecule has 2 rings (SSSR count). The van der Waals surface area contributed by atoms with Crippen LogP contribution in [0.15, 0.2) is 18.5 Å². The first-order valence-corrected chi connectivity index (χ1v) is 6.75. The summed E-state index contributed by atoms with van der Waals surface area (Å²) in [6.45, 7) is 2.29. The number of ether oxygens (including phenoxy) is 1. The van der Waals surface area contributed by atoms with Crippen molar-refractivity contribution in [3.63, 3.8) is 0 Å². The molecule has 0 aliphatic rings. The number of hydrogen-bond acceptors (Lipinski definition) is 6. The third-order valence-corrected chi connectivity index (χ3v) is 3.48. The van der Waals surface area contributed by atoms with Gasteiger partial charge in [0.1, 0.15) is 5.01 Å². The summed E-state index contributed by atoms with van der Waals surface area (Å²) in [5.41, 5.74) is 0.450. The first-order chi connectivity index (χ1) is 9.31. The highest BCUT2D eigenvalue weighted by molar-refractivity contribution is 7.14. The number of nitrogens with zero attached hydrogens (tertiary/aromatic N) is 3. The van der Waals surface area contributed by atoms with E-state index in [4.69, 9.17) is 4.74 Å². The Hall–Kier alpha value is -1.44. The van der Waals surface area contributed by atoms with E-state index in [9.17, 15) is 4.39 Å². The van der Waals surface area contributed by atoms with Crippen LogP contribution in [0.25, 0.3) is 10.6 Å². The van der Waals surface area contributed by atoms with Crippen molar-refractivity contribution in [2.24, 2.45) is 0 Å². The third kappa shape index (κ3) is 4.02. The maximum absolute atomic E-state index is 13.5. The van der Waals surface area contributed by atoms with Crippen molar-refractivity contribution >= 4 is 11.3 Å². The Morgan fingerprint density at radius 1 is 1.37 bits per heavy atom. The van der Waals surface area contributed by atoms with Crippen LogP contribution in [-0.4, -0.2) is 42.0 Å². The smallest absolute Gasteiger partial charge is 0.151 e. The number of halogens is 1. The van der Waals surface area contributed by atoms with Crippen molar-refractivity contribution in [2.75, 3.05) is 26.8 Å². The number of rotatable bonds is 7. The van der Waals surface area contributed by atoms with Gasteiger partial charge in [0.25, 0.3) is 0 Å². The molecule has 0 amide bonds. The summed E-state index contributed by atoms with van der Waals surface area (Å²) in [5.74, 6) is -0.372. The average Bonchev–Trinajstić information content (AvgIpc) is 2.88. The molecule has 19 heavy (non-hydrogen) atoms. The SMILES string of the molecule is COCCNCCc1nnc(-c2ccncc2F)s1. The molecule has 0 spiro atoms. The van der Waals surface area contributed by atoms with Gasteiger partial charge in [-0.3, -0.25) is 4.98 Å². The lowest BCUT2D eigenvalue weighted by atomic mass is 10.3. The van der Waals surface area contributed by atoms with Gasteiger partial charge in [0.2, 0.25) is 0 Å². The van der Waals surface area contributed by atoms with Crippen LogP contribution < -0.4 is 5.32 Å². The Kier molecular flexibility index (Phi) is 5.31. The monoisotopic (exact) mass is 282 g/mol. The molecule has 2 aromatic rings. The highest BCUT2D eigenvalue weighted by atomic mass is 32.1. The Labute approximate surface area is 114 Å². The van der Waals surface area contributed by atoms with Crippen molar-refractivity contribution in [3.8, 4) is 10.6 Å². The molecular formula is C12H15FN4OS. The zero-order valence-corrected chi connectivity index (χ0v) is 11.4. The van der Waals surface area contributed by atoms with Crippen LogP contribution in [0.1, 0.15) is 5.01 Å². The average molecular weight is 282 g/mol. The van der Waals surface area contributed by atoms with E-state index >= 15 is 0 Å². The van der Waals surface area contributed by atoms with Gasteiger partial charge >= 0.3 is 0 Å². The molecule has 0 aromatic carbocycles. The summed E-state index contributed by atoms with van der Waals surface area (Å²) in [6, 6.07) is 1.61. The fourth-order valence-electron chi connectivity index (χ4n) is 1.51. The van der Waals surface area contributed by atoms with E-state index < -0.39 is 0 Å². The lowest BCUT2D eigenvalue weighted by Crippen LogP contribution is -2.21. The van der Waals surface area contributed by atoms with E-state index in [0.717, 1.165) is 24.5 Å². The van der Waals surface area contributed by atoms with Crippen molar-refractivity contribution in [2.45, 2.75) is 6.42 Å². The van der Waals surface area contributed by atoms with Crippen LogP contribution in [0, 0.1) is 5.82 Å². The van der Waals surface area contributed by atoms with Gasteiger partial charge in [0, 0.05) is 32.8 Å². The second kappa shape index (κ2) is 7.22. The van der Waals surface area contributed by atoms with Gasteiger partial charge in [0.05, 0.1) is 18.4 Å². The number of aromatic nitrogens is 3. The molecule has 0 saturated carbocycles. The molecule has 0 aliphatic heterocycles. The van der Waals surface area contributed by atoms with E-state index in [1.54, 1.807) is 19.4 Å². The molecule has 7 heteroatoms. The van der Waals surface area contributed by atoms with Gasteiger partial charge in [-0.05, 0) is 6.07 Å². The maximum atomic E-state index is 13.5. The molecule has 2 aromatic heterocycles. The summed E-state index contributed by atoms with van der Waals surface area (Å²) in [4.78, 5) is 3.71. The van der Waals surface area contributed by atoms with E-state index in [1.165, 1.54) is 17.5 Å². The first kappa shape index (κ1) is 14.0. The predicted octanol–water partition coefficient (Wildman–Crippen LogP) is 1.52. The van der Waals surface area contributed by atoms with Crippen LogP contribution in [0.4, 0.5) is 4.39 Å². The minimum Gasteiger partial charge on any atom is -0.383 e. The molecule has 0 atom stereocenters. The first-order valence-electron chi connectivity index (χ1n) is 5.93. The van der Waals surface area contributed by atoms with Crippen molar-refractivity contribution in [1.82, 2.24) is 20.5 Å². The molecule has 0 unspecified atom stereocenters. The fraction of sp³-hybridized carbons (Fsp3) is 0.417. The van der Waals surface area contributed by atoms with Gasteiger partial charge < -0.3 is 10.1 Å². The molecule has 2 heterocycles. The lowest BCUT2D eigenvalue weighted by Gasteiger charge is -2.00. The van der Waals surface area contributed by atoms with E-state index in [-0.39, 0.29) is 5.82 Å². The molecule has 0 radical (unpaired) electrons. The summed E-state index contributed by atoms with van der Waals surface area (Å²) in [7, 11) is 1.67. The van der Waals surface area contributed by atoms with E-state index in [1.807, 2.05) is 0 Å². The minimum atomic E-state index is -0.372. The Bertz CT molecular complexity index is 520. The van der Waals surface area contributed by atoms with Crippen molar-refractivity contribution in [3.05, 3.63) is 29.3 Å². The molecule has 0 bridgehead atoms. The summed E-state index contributed by atoms with van der Waals surface area (Å²) >= 11 is 1.40. The quantitative estimate of drug-likeness (QED) is 0.780. The number of methoxy groups -OCH3 is 1. The van der Waals surface area contributed by atoms with Gasteiger partial charge in [-0.1, -0.05) is 11.3 Å². The zero-order chi connectivity index (χ0) is 13.5. The van der Waals surface area contributed by atoms with Crippen molar-refractivity contribution < 1.29 is 9.13 Å². The summed E-state index contributed by atoms with van der Waals surface area (Å²) < 4.78 is 18.5. The summed E-state index contributed by atoms with van der Waals surface area (Å²) in [6.07, 6.45) is 3.50. The van der Waals surface area contributed by atoms with Crippen LogP contribution in [0.3, 0.4) is 0 Å². The van der Waals surface area contributed by atoms with Gasteiger partial charge in [0.15, 0.2) is 10.8 Å². The topological polar surface area (TPSA) is 59.9 Å². The molecule has 1 N–H and O–H groups in total. The molecule has 102 valence electrons.